The van der Waals surface area contributed by atoms with Gasteiger partial charge in [-0.05, 0) is 38.0 Å². The maximum absolute atomic E-state index is 2.51. The Labute approximate surface area is 123 Å². The van der Waals surface area contributed by atoms with E-state index in [-0.39, 0.29) is 0 Å². The molecule has 2 atom stereocenters. The van der Waals surface area contributed by atoms with E-state index in [1.54, 1.807) is 5.57 Å². The van der Waals surface area contributed by atoms with E-state index in [9.17, 15) is 0 Å². The molecule has 0 nitrogen and oxygen atoms in total. The highest BCUT2D eigenvalue weighted by Gasteiger charge is 2.08. The Morgan fingerprint density at radius 1 is 0.947 bits per heavy atom. The van der Waals surface area contributed by atoms with E-state index in [1.165, 1.54) is 64.2 Å². The number of hydrogen-bond acceptors (Lipinski definition) is 0. The second-order valence-electron chi connectivity index (χ2n) is 6.50. The van der Waals surface area contributed by atoms with Gasteiger partial charge in [0, 0.05) is 0 Å². The standard InChI is InChI=1S/C19H38/c1-6-9-10-15-19(12-7-2)16-18(5)14-11-13-17(4)8-3/h14,17,19H,6-13,15-16H2,1-5H3. The molecule has 0 aromatic rings. The Morgan fingerprint density at radius 3 is 2.26 bits per heavy atom. The van der Waals surface area contributed by atoms with Crippen molar-refractivity contribution in [3.05, 3.63) is 11.6 Å². The Balaban J connectivity index is 3.99. The predicted molar refractivity (Wildman–Crippen MR) is 89.6 cm³/mol. The summed E-state index contributed by atoms with van der Waals surface area (Å²) in [5.41, 5.74) is 1.64. The largest absolute Gasteiger partial charge is 0.0856 e. The lowest BCUT2D eigenvalue weighted by Gasteiger charge is -2.16. The summed E-state index contributed by atoms with van der Waals surface area (Å²) in [6, 6.07) is 0. The van der Waals surface area contributed by atoms with E-state index in [4.69, 9.17) is 0 Å². The minimum absolute atomic E-state index is 0.889. The summed E-state index contributed by atoms with van der Waals surface area (Å²) in [5, 5.41) is 0. The molecular weight excluding hydrogens is 228 g/mol. The first kappa shape index (κ1) is 18.7. The molecule has 0 aliphatic rings. The van der Waals surface area contributed by atoms with Crippen LogP contribution < -0.4 is 0 Å². The maximum Gasteiger partial charge on any atom is -0.0295 e. The summed E-state index contributed by atoms with van der Waals surface area (Å²) >= 11 is 0. The van der Waals surface area contributed by atoms with Crippen LogP contribution >= 0.6 is 0 Å². The molecule has 0 spiro atoms. The van der Waals surface area contributed by atoms with E-state index in [0.717, 1.165) is 11.8 Å². The van der Waals surface area contributed by atoms with Crippen molar-refractivity contribution in [1.29, 1.82) is 0 Å². The first-order valence-electron chi connectivity index (χ1n) is 8.79. The second-order valence-corrected chi connectivity index (χ2v) is 6.50. The lowest BCUT2D eigenvalue weighted by molar-refractivity contribution is 0.420. The van der Waals surface area contributed by atoms with Gasteiger partial charge in [-0.25, -0.2) is 0 Å². The van der Waals surface area contributed by atoms with Crippen LogP contribution in [0.5, 0.6) is 0 Å². The van der Waals surface area contributed by atoms with Crippen LogP contribution in [0.1, 0.15) is 98.8 Å². The number of rotatable bonds is 12. The van der Waals surface area contributed by atoms with Crippen LogP contribution in [0.3, 0.4) is 0 Å². The summed E-state index contributed by atoms with van der Waals surface area (Å²) in [5.74, 6) is 1.83. The average molecular weight is 267 g/mol. The fraction of sp³-hybridized carbons (Fsp3) is 0.895. The van der Waals surface area contributed by atoms with Gasteiger partial charge in [-0.1, -0.05) is 84.3 Å². The zero-order chi connectivity index (χ0) is 14.5. The van der Waals surface area contributed by atoms with Crippen molar-refractivity contribution < 1.29 is 0 Å². The van der Waals surface area contributed by atoms with Crippen LogP contribution in [0.25, 0.3) is 0 Å². The molecule has 0 saturated carbocycles. The van der Waals surface area contributed by atoms with Crippen LogP contribution in [-0.4, -0.2) is 0 Å². The highest BCUT2D eigenvalue weighted by Crippen LogP contribution is 2.24. The van der Waals surface area contributed by atoms with E-state index in [2.05, 4.69) is 40.7 Å². The van der Waals surface area contributed by atoms with Gasteiger partial charge in [0.15, 0.2) is 0 Å². The number of unbranched alkanes of at least 4 members (excludes halogenated alkanes) is 2. The fourth-order valence-electron chi connectivity index (χ4n) is 2.80. The fourth-order valence-corrected chi connectivity index (χ4v) is 2.80. The molecule has 2 unspecified atom stereocenters. The van der Waals surface area contributed by atoms with Crippen LogP contribution in [0.2, 0.25) is 0 Å². The van der Waals surface area contributed by atoms with Crippen LogP contribution in [0.4, 0.5) is 0 Å². The predicted octanol–water partition coefficient (Wildman–Crippen LogP) is 7.15. The van der Waals surface area contributed by atoms with Crippen molar-refractivity contribution in [3.63, 3.8) is 0 Å². The molecule has 0 aliphatic heterocycles. The van der Waals surface area contributed by atoms with Crippen LogP contribution in [0, 0.1) is 11.8 Å². The third-order valence-electron chi connectivity index (χ3n) is 4.37. The highest BCUT2D eigenvalue weighted by molar-refractivity contribution is 4.99. The molecule has 0 heterocycles. The van der Waals surface area contributed by atoms with Crippen molar-refractivity contribution in [3.8, 4) is 0 Å². The van der Waals surface area contributed by atoms with E-state index < -0.39 is 0 Å². The van der Waals surface area contributed by atoms with Gasteiger partial charge in [-0.15, -0.1) is 0 Å². The third-order valence-corrected chi connectivity index (χ3v) is 4.37. The van der Waals surface area contributed by atoms with E-state index in [1.807, 2.05) is 0 Å². The minimum Gasteiger partial charge on any atom is -0.0856 e. The van der Waals surface area contributed by atoms with E-state index >= 15 is 0 Å². The topological polar surface area (TPSA) is 0 Å². The lowest BCUT2D eigenvalue weighted by Crippen LogP contribution is -2.01. The molecule has 0 bridgehead atoms. The molecule has 19 heavy (non-hydrogen) atoms. The van der Waals surface area contributed by atoms with Crippen molar-refractivity contribution in [1.82, 2.24) is 0 Å². The zero-order valence-corrected chi connectivity index (χ0v) is 14.3. The van der Waals surface area contributed by atoms with Gasteiger partial charge in [-0.3, -0.25) is 0 Å². The van der Waals surface area contributed by atoms with Gasteiger partial charge in [0.2, 0.25) is 0 Å². The SMILES string of the molecule is CCCCCC(CCC)CC(C)=CCCC(C)CC. The molecule has 0 radical (unpaired) electrons. The van der Waals surface area contributed by atoms with Crippen molar-refractivity contribution in [2.24, 2.45) is 11.8 Å². The van der Waals surface area contributed by atoms with Crippen molar-refractivity contribution in [2.45, 2.75) is 98.8 Å². The summed E-state index contributed by atoms with van der Waals surface area (Å²) in [7, 11) is 0. The van der Waals surface area contributed by atoms with Crippen molar-refractivity contribution in [2.75, 3.05) is 0 Å². The summed E-state index contributed by atoms with van der Waals surface area (Å²) in [6.07, 6.45) is 16.2. The normalized spacial score (nSPS) is 15.5. The van der Waals surface area contributed by atoms with Crippen molar-refractivity contribution >= 4 is 0 Å². The Bertz CT molecular complexity index is 214. The molecule has 114 valence electrons. The lowest BCUT2D eigenvalue weighted by atomic mass is 9.90. The Hall–Kier alpha value is -0.260. The van der Waals surface area contributed by atoms with Gasteiger partial charge in [-0.2, -0.15) is 0 Å². The molecule has 0 saturated heterocycles. The Morgan fingerprint density at radius 2 is 1.68 bits per heavy atom. The van der Waals surface area contributed by atoms with Gasteiger partial charge < -0.3 is 0 Å². The molecule has 0 rings (SSSR count). The molecule has 0 N–H and O–H groups in total. The molecule has 0 aliphatic carbocycles. The van der Waals surface area contributed by atoms with E-state index in [0.29, 0.717) is 0 Å². The third kappa shape index (κ3) is 11.3. The smallest absolute Gasteiger partial charge is 0.0295 e. The molecule has 0 aromatic heterocycles. The second kappa shape index (κ2) is 12.8. The molecule has 0 fully saturated rings. The van der Waals surface area contributed by atoms with Gasteiger partial charge in [0.05, 0.1) is 0 Å². The van der Waals surface area contributed by atoms with Crippen LogP contribution in [0.15, 0.2) is 11.6 Å². The first-order chi connectivity index (χ1) is 9.13. The monoisotopic (exact) mass is 266 g/mol. The van der Waals surface area contributed by atoms with Gasteiger partial charge in [0.1, 0.15) is 0 Å². The molecule has 0 heteroatoms. The number of allylic oxidation sites excluding steroid dienone is 2. The highest BCUT2D eigenvalue weighted by atomic mass is 14.1. The molecule has 0 aromatic carbocycles. The minimum atomic E-state index is 0.889. The molecule has 0 amide bonds. The summed E-state index contributed by atoms with van der Waals surface area (Å²) < 4.78 is 0. The molecular formula is C19H38. The quantitative estimate of drug-likeness (QED) is 0.260. The average Bonchev–Trinajstić information content (AvgIpc) is 2.39. The summed E-state index contributed by atoms with van der Waals surface area (Å²) in [4.78, 5) is 0. The van der Waals surface area contributed by atoms with Crippen LogP contribution in [-0.2, 0) is 0 Å². The van der Waals surface area contributed by atoms with Gasteiger partial charge in [0.25, 0.3) is 0 Å². The Kier molecular flexibility index (Phi) is 12.6. The maximum atomic E-state index is 2.51. The summed E-state index contributed by atoms with van der Waals surface area (Å²) in [6.45, 7) is 11.6. The first-order valence-corrected chi connectivity index (χ1v) is 8.79. The van der Waals surface area contributed by atoms with Gasteiger partial charge >= 0.3 is 0 Å². The zero-order valence-electron chi connectivity index (χ0n) is 14.3. The number of hydrogen-bond donors (Lipinski definition) is 0.